The quantitative estimate of drug-likeness (QED) is 0.748. The zero-order valence-electron chi connectivity index (χ0n) is 15.8. The number of rotatable bonds is 5. The Hall–Kier alpha value is -1.93. The summed E-state index contributed by atoms with van der Waals surface area (Å²) in [6, 6.07) is 1.77. The van der Waals surface area contributed by atoms with Crippen molar-refractivity contribution in [3.05, 3.63) is 22.4 Å². The topological polar surface area (TPSA) is 81.8 Å². The lowest BCUT2D eigenvalue weighted by Gasteiger charge is -2.33. The Kier molecular flexibility index (Phi) is 4.50. The van der Waals surface area contributed by atoms with Gasteiger partial charge < -0.3 is 15.1 Å². The molecular formula is C19H26N4O3S. The highest BCUT2D eigenvalue weighted by Crippen LogP contribution is 2.56. The van der Waals surface area contributed by atoms with Crippen molar-refractivity contribution >= 4 is 29.2 Å². The number of thiophene rings is 1. The summed E-state index contributed by atoms with van der Waals surface area (Å²) >= 11 is 1.62. The Labute approximate surface area is 163 Å². The molecule has 0 bridgehead atoms. The SMILES string of the molecule is CC1(C)C(=O)NC(=O)N1CC(=O)N(Cc1ccsc1)C1CC12CCNCC2. The van der Waals surface area contributed by atoms with Gasteiger partial charge in [0.25, 0.3) is 5.91 Å². The smallest absolute Gasteiger partial charge is 0.325 e. The molecule has 1 unspecified atom stereocenters. The molecule has 3 heterocycles. The van der Waals surface area contributed by atoms with E-state index in [1.165, 1.54) is 4.90 Å². The first-order valence-corrected chi connectivity index (χ1v) is 10.4. The Bertz CT molecular complexity index is 755. The highest BCUT2D eigenvalue weighted by Gasteiger charge is 2.58. The maximum atomic E-state index is 13.3. The second-order valence-corrected chi connectivity index (χ2v) is 9.17. The van der Waals surface area contributed by atoms with Crippen LogP contribution in [-0.4, -0.2) is 58.9 Å². The van der Waals surface area contributed by atoms with E-state index in [9.17, 15) is 14.4 Å². The summed E-state index contributed by atoms with van der Waals surface area (Å²) in [7, 11) is 0. The molecule has 4 rings (SSSR count). The lowest BCUT2D eigenvalue weighted by atomic mass is 9.93. The van der Waals surface area contributed by atoms with Crippen LogP contribution in [0.3, 0.4) is 0 Å². The minimum atomic E-state index is -1.00. The van der Waals surface area contributed by atoms with Crippen LogP contribution in [0.25, 0.3) is 0 Å². The van der Waals surface area contributed by atoms with E-state index in [0.717, 1.165) is 37.9 Å². The van der Waals surface area contributed by atoms with E-state index in [-0.39, 0.29) is 29.8 Å². The van der Waals surface area contributed by atoms with Crippen molar-refractivity contribution in [3.8, 4) is 0 Å². The van der Waals surface area contributed by atoms with Crippen LogP contribution in [0.2, 0.25) is 0 Å². The van der Waals surface area contributed by atoms with E-state index in [1.54, 1.807) is 25.2 Å². The normalized spacial score (nSPS) is 25.6. The van der Waals surface area contributed by atoms with Gasteiger partial charge in [0.05, 0.1) is 0 Å². The molecule has 1 aromatic heterocycles. The fourth-order valence-electron chi connectivity index (χ4n) is 4.37. The number of carbonyl (C=O) groups excluding carboxylic acids is 3. The van der Waals surface area contributed by atoms with Crippen molar-refractivity contribution in [2.24, 2.45) is 5.41 Å². The summed E-state index contributed by atoms with van der Waals surface area (Å²) in [4.78, 5) is 40.7. The van der Waals surface area contributed by atoms with Gasteiger partial charge in [-0.05, 0) is 74.0 Å². The largest absolute Gasteiger partial charge is 0.333 e. The van der Waals surface area contributed by atoms with E-state index >= 15 is 0 Å². The summed E-state index contributed by atoms with van der Waals surface area (Å²) in [5, 5.41) is 9.79. The Morgan fingerprint density at radius 3 is 2.67 bits per heavy atom. The van der Waals surface area contributed by atoms with Crippen molar-refractivity contribution in [3.63, 3.8) is 0 Å². The molecule has 27 heavy (non-hydrogen) atoms. The number of nitrogens with zero attached hydrogens (tertiary/aromatic N) is 2. The number of piperidine rings is 1. The molecule has 8 heteroatoms. The van der Waals surface area contributed by atoms with Crippen LogP contribution in [0.15, 0.2) is 16.8 Å². The fourth-order valence-corrected chi connectivity index (χ4v) is 5.03. The first-order valence-electron chi connectivity index (χ1n) is 9.48. The number of nitrogens with one attached hydrogen (secondary N) is 2. The third-order valence-corrected chi connectivity index (χ3v) is 7.10. The molecule has 4 amide bonds. The molecule has 1 spiro atoms. The van der Waals surface area contributed by atoms with Gasteiger partial charge in [-0.25, -0.2) is 4.79 Å². The van der Waals surface area contributed by atoms with Crippen LogP contribution < -0.4 is 10.6 Å². The van der Waals surface area contributed by atoms with Crippen LogP contribution in [-0.2, 0) is 16.1 Å². The van der Waals surface area contributed by atoms with Gasteiger partial charge in [0.2, 0.25) is 5.91 Å². The maximum absolute atomic E-state index is 13.3. The van der Waals surface area contributed by atoms with Crippen LogP contribution in [0, 0.1) is 5.41 Å². The summed E-state index contributed by atoms with van der Waals surface area (Å²) in [5.41, 5.74) is 0.331. The molecule has 1 aromatic rings. The number of amides is 4. The Morgan fingerprint density at radius 2 is 2.07 bits per heavy atom. The Balaban J connectivity index is 1.53. The molecule has 2 saturated heterocycles. The van der Waals surface area contributed by atoms with Crippen LogP contribution >= 0.6 is 11.3 Å². The van der Waals surface area contributed by atoms with Crippen LogP contribution in [0.5, 0.6) is 0 Å². The van der Waals surface area contributed by atoms with E-state index in [2.05, 4.69) is 16.0 Å². The van der Waals surface area contributed by atoms with Crippen molar-refractivity contribution in [2.45, 2.75) is 51.2 Å². The molecule has 146 valence electrons. The van der Waals surface area contributed by atoms with Gasteiger partial charge in [0.15, 0.2) is 0 Å². The summed E-state index contributed by atoms with van der Waals surface area (Å²) in [6.45, 7) is 5.83. The predicted octanol–water partition coefficient (Wildman–Crippen LogP) is 1.55. The van der Waals surface area contributed by atoms with Gasteiger partial charge >= 0.3 is 6.03 Å². The summed E-state index contributed by atoms with van der Waals surface area (Å²) in [6.07, 6.45) is 3.19. The van der Waals surface area contributed by atoms with Gasteiger partial charge in [-0.2, -0.15) is 11.3 Å². The number of urea groups is 1. The zero-order chi connectivity index (χ0) is 19.2. The second kappa shape index (κ2) is 6.60. The average molecular weight is 391 g/mol. The number of hydrogen-bond donors (Lipinski definition) is 2. The summed E-state index contributed by atoms with van der Waals surface area (Å²) < 4.78 is 0. The first-order chi connectivity index (χ1) is 12.8. The molecule has 2 N–H and O–H groups in total. The lowest BCUT2D eigenvalue weighted by Crippen LogP contribution is -2.50. The minimum absolute atomic E-state index is 0.0699. The molecule has 0 aromatic carbocycles. The highest BCUT2D eigenvalue weighted by atomic mass is 32.1. The van der Waals surface area contributed by atoms with E-state index in [4.69, 9.17) is 0 Å². The lowest BCUT2D eigenvalue weighted by molar-refractivity contribution is -0.135. The summed E-state index contributed by atoms with van der Waals surface area (Å²) in [5.74, 6) is -0.439. The fraction of sp³-hybridized carbons (Fsp3) is 0.632. The number of hydrogen-bond acceptors (Lipinski definition) is 5. The zero-order valence-corrected chi connectivity index (χ0v) is 16.6. The maximum Gasteiger partial charge on any atom is 0.325 e. The molecular weight excluding hydrogens is 364 g/mol. The van der Waals surface area contributed by atoms with Crippen LogP contribution in [0.4, 0.5) is 4.79 Å². The first kappa shape index (κ1) is 18.4. The molecule has 7 nitrogen and oxygen atoms in total. The average Bonchev–Trinajstić information content (AvgIpc) is 2.99. The molecule has 2 aliphatic heterocycles. The third kappa shape index (κ3) is 3.25. The highest BCUT2D eigenvalue weighted by molar-refractivity contribution is 7.07. The van der Waals surface area contributed by atoms with E-state index in [0.29, 0.717) is 6.54 Å². The molecule has 1 atom stereocenters. The number of carbonyl (C=O) groups is 3. The predicted molar refractivity (Wildman–Crippen MR) is 102 cm³/mol. The minimum Gasteiger partial charge on any atom is -0.333 e. The molecule has 3 aliphatic rings. The molecule has 1 saturated carbocycles. The van der Waals surface area contributed by atoms with E-state index in [1.807, 2.05) is 16.3 Å². The standard InChI is InChI=1S/C19H26N4O3S/c1-18(2)16(25)21-17(26)23(18)11-15(24)22(10-13-3-8-27-12-13)14-9-19(14)4-6-20-7-5-19/h3,8,12,14,20H,4-7,9-11H2,1-2H3,(H,21,25,26). The van der Waals surface area contributed by atoms with Gasteiger partial charge in [-0.15, -0.1) is 0 Å². The second-order valence-electron chi connectivity index (χ2n) is 8.39. The van der Waals surface area contributed by atoms with E-state index < -0.39 is 11.6 Å². The van der Waals surface area contributed by atoms with Crippen molar-refractivity contribution in [2.75, 3.05) is 19.6 Å². The molecule has 1 aliphatic carbocycles. The van der Waals surface area contributed by atoms with Gasteiger partial charge in [-0.3, -0.25) is 14.9 Å². The van der Waals surface area contributed by atoms with Crippen molar-refractivity contribution in [1.29, 1.82) is 0 Å². The number of imide groups is 1. The molecule has 3 fully saturated rings. The van der Waals surface area contributed by atoms with Crippen molar-refractivity contribution in [1.82, 2.24) is 20.4 Å². The molecule has 0 radical (unpaired) electrons. The van der Waals surface area contributed by atoms with Gasteiger partial charge in [-0.1, -0.05) is 0 Å². The monoisotopic (exact) mass is 390 g/mol. The van der Waals surface area contributed by atoms with Crippen LogP contribution in [0.1, 0.15) is 38.7 Å². The third-order valence-electron chi connectivity index (χ3n) is 6.36. The van der Waals surface area contributed by atoms with Gasteiger partial charge in [0, 0.05) is 12.6 Å². The Morgan fingerprint density at radius 1 is 1.33 bits per heavy atom. The van der Waals surface area contributed by atoms with Crippen molar-refractivity contribution < 1.29 is 14.4 Å². The van der Waals surface area contributed by atoms with Gasteiger partial charge in [0.1, 0.15) is 12.1 Å².